The van der Waals surface area contributed by atoms with Crippen LogP contribution < -0.4 is 20.1 Å². The maximum absolute atomic E-state index is 13.8. The lowest BCUT2D eigenvalue weighted by atomic mass is 10.1. The summed E-state index contributed by atoms with van der Waals surface area (Å²) in [5.74, 6) is -1.21. The van der Waals surface area contributed by atoms with Gasteiger partial charge in [0.05, 0.1) is 70.2 Å². The SMILES string of the molecule is Cc1cc(NC(=O)Nc2cc(C)c(N=Nc3ccc(N=Nc4ccc(Cl)cc4S(=O)(=O)O)c(C)c3)cc2OCCCS(=O)(=O)O)c(OCCCS(=O)(=O)O)cc1N=Nc1ccc(N=Nc2ccc(Cl)cc2S(=O)(=O)O)c(C)c1. The minimum Gasteiger partial charge on any atom is -0.491 e. The molecule has 0 unspecified atom stereocenters. The molecule has 0 spiro atoms. The Morgan fingerprint density at radius 2 is 0.782 bits per heavy atom. The predicted octanol–water partition coefficient (Wildman–Crippen LogP) is 13.3. The molecule has 0 aliphatic heterocycles. The second-order valence-electron chi connectivity index (χ2n) is 16.7. The molecule has 6 rings (SSSR count). The molecule has 6 aromatic carbocycles. The van der Waals surface area contributed by atoms with E-state index in [4.69, 9.17) is 32.7 Å². The summed E-state index contributed by atoms with van der Waals surface area (Å²) in [7, 11) is -18.0. The number of rotatable bonds is 22. The minimum atomic E-state index is -4.66. The summed E-state index contributed by atoms with van der Waals surface area (Å²) in [6, 6.07) is 21.9. The van der Waals surface area contributed by atoms with Gasteiger partial charge in [0.25, 0.3) is 40.5 Å². The molecule has 0 aliphatic rings. The fraction of sp³-hybridized carbons (Fsp3) is 0.213. The second-order valence-corrected chi connectivity index (χ2v) is 23.5. The van der Waals surface area contributed by atoms with E-state index < -0.39 is 67.8 Å². The molecule has 0 bridgehead atoms. The monoisotopic (exact) mass is 1190 g/mol. The van der Waals surface area contributed by atoms with Crippen molar-refractivity contribution in [2.75, 3.05) is 35.4 Å². The van der Waals surface area contributed by atoms with Gasteiger partial charge in [0.2, 0.25) is 0 Å². The van der Waals surface area contributed by atoms with Crippen molar-refractivity contribution in [3.63, 3.8) is 0 Å². The van der Waals surface area contributed by atoms with Crippen molar-refractivity contribution in [3.05, 3.63) is 129 Å². The molecule has 2 amide bonds. The molecule has 6 N–H and O–H groups in total. The van der Waals surface area contributed by atoms with E-state index >= 15 is 0 Å². The van der Waals surface area contributed by atoms with Gasteiger partial charge in [-0.3, -0.25) is 18.2 Å². The Morgan fingerprint density at radius 3 is 1.13 bits per heavy atom. The molecule has 31 heteroatoms. The summed E-state index contributed by atoms with van der Waals surface area (Å²) in [4.78, 5) is 12.7. The van der Waals surface area contributed by atoms with Gasteiger partial charge < -0.3 is 20.1 Å². The van der Waals surface area contributed by atoms with Gasteiger partial charge in [-0.25, -0.2) is 4.79 Å². The summed E-state index contributed by atoms with van der Waals surface area (Å²) < 4.78 is 143. The van der Waals surface area contributed by atoms with Crippen LogP contribution in [0.2, 0.25) is 10.0 Å². The Bertz CT molecular complexity index is 3640. The van der Waals surface area contributed by atoms with E-state index in [1.165, 1.54) is 48.5 Å². The summed E-state index contributed by atoms with van der Waals surface area (Å²) in [6.07, 6.45) is -0.279. The number of amides is 2. The number of carbonyl (C=O) groups excluding carboxylic acids is 1. The van der Waals surface area contributed by atoms with Crippen LogP contribution in [-0.2, 0) is 40.5 Å². The molecule has 25 nitrogen and oxygen atoms in total. The summed E-state index contributed by atoms with van der Waals surface area (Å²) in [6.45, 7) is 6.24. The van der Waals surface area contributed by atoms with Crippen LogP contribution in [0.1, 0.15) is 35.1 Å². The average Bonchev–Trinajstić information content (AvgIpc) is 3.35. The fourth-order valence-electron chi connectivity index (χ4n) is 6.75. The van der Waals surface area contributed by atoms with Gasteiger partial charge >= 0.3 is 6.03 Å². The van der Waals surface area contributed by atoms with E-state index in [1.54, 1.807) is 64.1 Å². The number of nitrogens with one attached hydrogen (secondary N) is 2. The van der Waals surface area contributed by atoms with Gasteiger partial charge in [-0.15, -0.1) is 10.2 Å². The van der Waals surface area contributed by atoms with Gasteiger partial charge in [0.15, 0.2) is 0 Å². The number of benzene rings is 6. The number of halogens is 2. The number of hydrogen-bond acceptors (Lipinski definition) is 19. The molecule has 412 valence electrons. The molecular weight excluding hydrogens is 1140 g/mol. The topological polar surface area (TPSA) is 376 Å². The first-order valence-electron chi connectivity index (χ1n) is 22.5. The average molecular weight is 1190 g/mol. The van der Waals surface area contributed by atoms with Crippen LogP contribution in [-0.4, -0.2) is 82.6 Å². The molecule has 0 radical (unpaired) electrons. The lowest BCUT2D eigenvalue weighted by molar-refractivity contribution is 0.261. The number of nitrogens with zero attached hydrogens (tertiary/aromatic N) is 8. The van der Waals surface area contributed by atoms with Crippen LogP contribution in [0, 0.1) is 27.7 Å². The molecule has 0 fully saturated rings. The van der Waals surface area contributed by atoms with Gasteiger partial charge in [0.1, 0.15) is 32.7 Å². The lowest BCUT2D eigenvalue weighted by Gasteiger charge is -2.17. The van der Waals surface area contributed by atoms with E-state index in [9.17, 15) is 56.7 Å². The minimum absolute atomic E-state index is 0.0197. The van der Waals surface area contributed by atoms with Crippen molar-refractivity contribution >= 4 is 127 Å². The van der Waals surface area contributed by atoms with E-state index in [1.807, 2.05) is 0 Å². The number of hydrogen-bond donors (Lipinski definition) is 6. The summed E-state index contributed by atoms with van der Waals surface area (Å²) in [5.41, 5.74) is 3.85. The second kappa shape index (κ2) is 25.5. The van der Waals surface area contributed by atoms with Gasteiger partial charge in [0, 0.05) is 22.2 Å². The predicted molar refractivity (Wildman–Crippen MR) is 290 cm³/mol. The van der Waals surface area contributed by atoms with E-state index in [0.29, 0.717) is 45.0 Å². The van der Waals surface area contributed by atoms with Crippen LogP contribution in [0.3, 0.4) is 0 Å². The maximum atomic E-state index is 13.8. The normalized spacial score (nSPS) is 12.5. The lowest BCUT2D eigenvalue weighted by Crippen LogP contribution is -2.21. The Hall–Kier alpha value is -7.19. The van der Waals surface area contributed by atoms with Crippen molar-refractivity contribution in [3.8, 4) is 11.5 Å². The van der Waals surface area contributed by atoms with E-state index in [2.05, 4.69) is 51.5 Å². The standard InChI is InChI=1S/C47H46Cl2N10O15S4/c1-27-19-33(9-13-35(27)54-56-37-11-7-31(48)23-45(37)77(67,68)69)52-58-39-25-43(73-15-5-17-75(61,62)63)41(21-29(39)3)50-47(60)51-42-22-30(4)40(26-44(42)74-16-6-18-76(64,65)66)59-53-34-10-14-36(28(2)20-34)55-57-38-12-8-32(49)24-46(38)78(70,71)72/h7-14,19-26H,5-6,15-18H2,1-4H3,(H2,50,51,60)(H,61,62,63)(H,64,65,66)(H,67,68,69)(H,70,71,72). The first-order valence-corrected chi connectivity index (χ1v) is 29.3. The van der Waals surface area contributed by atoms with Crippen molar-refractivity contribution in [1.29, 1.82) is 0 Å². The quantitative estimate of drug-likeness (QED) is 0.0209. The zero-order valence-electron chi connectivity index (χ0n) is 41.2. The number of aryl methyl sites for hydroxylation is 4. The third-order valence-corrected chi connectivity index (χ3v) is 14.4. The van der Waals surface area contributed by atoms with Crippen molar-refractivity contribution in [2.24, 2.45) is 40.9 Å². The summed E-state index contributed by atoms with van der Waals surface area (Å²) >= 11 is 11.8. The molecule has 0 saturated heterocycles. The van der Waals surface area contributed by atoms with Crippen LogP contribution >= 0.6 is 23.2 Å². The van der Waals surface area contributed by atoms with E-state index in [0.717, 1.165) is 12.1 Å². The Balaban J connectivity index is 1.23. The third kappa shape index (κ3) is 17.9. The highest BCUT2D eigenvalue weighted by Crippen LogP contribution is 2.39. The fourth-order valence-corrected chi connectivity index (χ4v) is 9.49. The third-order valence-electron chi connectivity index (χ3n) is 10.5. The molecule has 0 aliphatic carbocycles. The number of ether oxygens (including phenoxy) is 2. The molecule has 0 atom stereocenters. The number of carbonyl (C=O) groups is 1. The van der Waals surface area contributed by atoms with Crippen molar-refractivity contribution in [1.82, 2.24) is 0 Å². The molecule has 0 aromatic heterocycles. The molecule has 0 saturated carbocycles. The highest BCUT2D eigenvalue weighted by Gasteiger charge is 2.20. The highest BCUT2D eigenvalue weighted by atomic mass is 35.5. The van der Waals surface area contributed by atoms with Crippen LogP contribution in [0.25, 0.3) is 0 Å². The number of azo groups is 4. The number of urea groups is 1. The van der Waals surface area contributed by atoms with Gasteiger partial charge in [-0.05, 0) is 148 Å². The number of anilines is 2. The summed E-state index contributed by atoms with van der Waals surface area (Å²) in [5, 5.41) is 39.0. The Kier molecular flexibility index (Phi) is 19.6. The van der Waals surface area contributed by atoms with Crippen LogP contribution in [0.5, 0.6) is 11.5 Å². The zero-order chi connectivity index (χ0) is 57.2. The maximum Gasteiger partial charge on any atom is 0.323 e. The largest absolute Gasteiger partial charge is 0.491 e. The van der Waals surface area contributed by atoms with Crippen LogP contribution in [0.15, 0.2) is 148 Å². The molecule has 78 heavy (non-hydrogen) atoms. The molecule has 6 aromatic rings. The molecular formula is C47H46Cl2N10O15S4. The highest BCUT2D eigenvalue weighted by molar-refractivity contribution is 7.86. The first kappa shape index (κ1) is 60.0. The Labute approximate surface area is 457 Å². The first-order chi connectivity index (χ1) is 36.5. The van der Waals surface area contributed by atoms with Gasteiger partial charge in [-0.2, -0.15) is 64.4 Å². The van der Waals surface area contributed by atoms with E-state index in [-0.39, 0.29) is 81.7 Å². The van der Waals surface area contributed by atoms with Gasteiger partial charge in [-0.1, -0.05) is 23.2 Å². The van der Waals surface area contributed by atoms with Crippen molar-refractivity contribution in [2.45, 2.75) is 50.3 Å². The zero-order valence-corrected chi connectivity index (χ0v) is 46.0. The smallest absolute Gasteiger partial charge is 0.323 e. The molecule has 0 heterocycles. The van der Waals surface area contributed by atoms with Crippen molar-refractivity contribution < 1.29 is 66.2 Å². The van der Waals surface area contributed by atoms with Crippen LogP contribution in [0.4, 0.5) is 61.7 Å². The Morgan fingerprint density at radius 1 is 0.449 bits per heavy atom.